The highest BCUT2D eigenvalue weighted by Gasteiger charge is 2.32. The monoisotopic (exact) mass is 501 g/mol. The normalized spacial score (nSPS) is 13.1. The third-order valence-electron chi connectivity index (χ3n) is 6.13. The van der Waals surface area contributed by atoms with Gasteiger partial charge in [0.2, 0.25) is 21.8 Å². The molecule has 2 aromatic rings. The molecule has 2 rings (SSSR count). The van der Waals surface area contributed by atoms with Gasteiger partial charge in [0.15, 0.2) is 0 Å². The van der Waals surface area contributed by atoms with Crippen LogP contribution in [0.4, 0.5) is 5.69 Å². The zero-order chi connectivity index (χ0) is 26.3. The fraction of sp³-hybridized carbons (Fsp3) is 0.481. The molecular weight excluding hydrogens is 462 g/mol. The summed E-state index contributed by atoms with van der Waals surface area (Å²) in [6, 6.07) is 12.5. The Morgan fingerprint density at radius 3 is 2.20 bits per heavy atom. The first kappa shape index (κ1) is 28.4. The first-order chi connectivity index (χ1) is 16.4. The van der Waals surface area contributed by atoms with E-state index in [1.54, 1.807) is 6.07 Å². The van der Waals surface area contributed by atoms with Gasteiger partial charge in [-0.3, -0.25) is 13.9 Å². The lowest BCUT2D eigenvalue weighted by Gasteiger charge is -2.33. The number of benzene rings is 2. The summed E-state index contributed by atoms with van der Waals surface area (Å²) in [4.78, 5) is 28.4. The second-order valence-corrected chi connectivity index (χ2v) is 11.2. The van der Waals surface area contributed by atoms with Crippen LogP contribution in [-0.2, 0) is 26.2 Å². The Hall–Kier alpha value is -2.87. The maximum absolute atomic E-state index is 13.8. The molecule has 0 fully saturated rings. The Morgan fingerprint density at radius 1 is 0.971 bits per heavy atom. The van der Waals surface area contributed by atoms with E-state index in [1.165, 1.54) is 4.90 Å². The van der Waals surface area contributed by atoms with Crippen molar-refractivity contribution in [2.75, 3.05) is 17.1 Å². The van der Waals surface area contributed by atoms with Crippen molar-refractivity contribution < 1.29 is 18.0 Å². The third-order valence-corrected chi connectivity index (χ3v) is 7.26. The molecular formula is C27H39N3O4S. The Labute approximate surface area is 210 Å². The predicted octanol–water partition coefficient (Wildman–Crippen LogP) is 4.10. The van der Waals surface area contributed by atoms with Gasteiger partial charge in [0.05, 0.1) is 11.9 Å². The lowest BCUT2D eigenvalue weighted by Crippen LogP contribution is -2.53. The molecule has 192 valence electrons. The highest BCUT2D eigenvalue weighted by atomic mass is 32.2. The second-order valence-electron chi connectivity index (χ2n) is 9.31. The standard InChI is InChI=1S/C27H39N3O4S/c1-8-22(6)28-27(32)24(9-2)29(17-23-12-10-11-19(3)15-23)26(31)18-30(35(7,33)34)25-16-20(4)13-14-21(25)5/h10-16,22,24H,8-9,17-18H2,1-7H3,(H,28,32). The van der Waals surface area contributed by atoms with Crippen LogP contribution in [0.5, 0.6) is 0 Å². The van der Waals surface area contributed by atoms with E-state index < -0.39 is 22.0 Å². The number of carbonyl (C=O) groups is 2. The minimum atomic E-state index is -3.76. The number of rotatable bonds is 11. The molecule has 0 saturated heterocycles. The fourth-order valence-electron chi connectivity index (χ4n) is 3.95. The van der Waals surface area contributed by atoms with Gasteiger partial charge in [-0.25, -0.2) is 8.42 Å². The van der Waals surface area contributed by atoms with Gasteiger partial charge in [0.25, 0.3) is 0 Å². The van der Waals surface area contributed by atoms with Crippen molar-refractivity contribution in [3.63, 3.8) is 0 Å². The van der Waals surface area contributed by atoms with E-state index in [1.807, 2.05) is 77.9 Å². The van der Waals surface area contributed by atoms with E-state index >= 15 is 0 Å². The number of nitrogens with zero attached hydrogens (tertiary/aromatic N) is 2. The van der Waals surface area contributed by atoms with Crippen LogP contribution < -0.4 is 9.62 Å². The Kier molecular flexibility index (Phi) is 9.89. The van der Waals surface area contributed by atoms with Gasteiger partial charge in [-0.15, -0.1) is 0 Å². The Morgan fingerprint density at radius 2 is 1.63 bits per heavy atom. The summed E-state index contributed by atoms with van der Waals surface area (Å²) in [5.74, 6) is -0.663. The van der Waals surface area contributed by atoms with Gasteiger partial charge >= 0.3 is 0 Å². The molecule has 0 aliphatic heterocycles. The van der Waals surface area contributed by atoms with E-state index in [0.29, 0.717) is 12.1 Å². The molecule has 0 aliphatic carbocycles. The number of hydrogen-bond acceptors (Lipinski definition) is 4. The van der Waals surface area contributed by atoms with Crippen LogP contribution in [-0.4, -0.2) is 50.0 Å². The van der Waals surface area contributed by atoms with Gasteiger partial charge in [-0.2, -0.15) is 0 Å². The van der Waals surface area contributed by atoms with Crippen molar-refractivity contribution in [3.05, 3.63) is 64.7 Å². The number of nitrogens with one attached hydrogen (secondary N) is 1. The molecule has 0 saturated carbocycles. The Bertz CT molecular complexity index is 1150. The summed E-state index contributed by atoms with van der Waals surface area (Å²) < 4.78 is 26.7. The Balaban J connectivity index is 2.49. The van der Waals surface area contributed by atoms with Crippen molar-refractivity contribution in [3.8, 4) is 0 Å². The number of carbonyl (C=O) groups excluding carboxylic acids is 2. The lowest BCUT2D eigenvalue weighted by atomic mass is 10.1. The fourth-order valence-corrected chi connectivity index (χ4v) is 4.85. The number of sulfonamides is 1. The van der Waals surface area contributed by atoms with E-state index in [4.69, 9.17) is 0 Å². The van der Waals surface area contributed by atoms with Crippen molar-refractivity contribution in [1.82, 2.24) is 10.2 Å². The third kappa shape index (κ3) is 7.82. The molecule has 0 aromatic heterocycles. The van der Waals surface area contributed by atoms with Gasteiger partial charge in [-0.05, 0) is 63.3 Å². The van der Waals surface area contributed by atoms with Gasteiger partial charge < -0.3 is 10.2 Å². The smallest absolute Gasteiger partial charge is 0.244 e. The average Bonchev–Trinajstić information content (AvgIpc) is 2.78. The SMILES string of the molecule is CCC(C)NC(=O)C(CC)N(Cc1cccc(C)c1)C(=O)CN(c1cc(C)ccc1C)S(C)(=O)=O. The predicted molar refractivity (Wildman–Crippen MR) is 142 cm³/mol. The highest BCUT2D eigenvalue weighted by molar-refractivity contribution is 7.92. The van der Waals surface area contributed by atoms with E-state index in [9.17, 15) is 18.0 Å². The average molecular weight is 502 g/mol. The molecule has 2 amide bonds. The molecule has 0 bridgehead atoms. The minimum Gasteiger partial charge on any atom is -0.352 e. The minimum absolute atomic E-state index is 0.0325. The summed E-state index contributed by atoms with van der Waals surface area (Å²) in [6.07, 6.45) is 2.27. The molecule has 2 atom stereocenters. The van der Waals surface area contributed by atoms with Crippen LogP contribution in [0.1, 0.15) is 55.9 Å². The molecule has 0 spiro atoms. The highest BCUT2D eigenvalue weighted by Crippen LogP contribution is 2.25. The van der Waals surface area contributed by atoms with Crippen molar-refractivity contribution >= 4 is 27.5 Å². The molecule has 0 radical (unpaired) electrons. The number of anilines is 1. The molecule has 2 aromatic carbocycles. The van der Waals surface area contributed by atoms with E-state index in [-0.39, 0.29) is 25.0 Å². The van der Waals surface area contributed by atoms with Crippen LogP contribution in [0, 0.1) is 20.8 Å². The molecule has 1 N–H and O–H groups in total. The first-order valence-corrected chi connectivity index (χ1v) is 13.9. The number of hydrogen-bond donors (Lipinski definition) is 1. The molecule has 7 nitrogen and oxygen atoms in total. The topological polar surface area (TPSA) is 86.8 Å². The van der Waals surface area contributed by atoms with Crippen molar-refractivity contribution in [2.24, 2.45) is 0 Å². The van der Waals surface area contributed by atoms with Gasteiger partial charge in [0.1, 0.15) is 12.6 Å². The van der Waals surface area contributed by atoms with E-state index in [2.05, 4.69) is 5.32 Å². The number of aryl methyl sites for hydroxylation is 3. The van der Waals surface area contributed by atoms with Crippen LogP contribution in [0.2, 0.25) is 0 Å². The number of amides is 2. The van der Waals surface area contributed by atoms with Gasteiger partial charge in [0, 0.05) is 12.6 Å². The molecule has 0 heterocycles. The molecule has 8 heteroatoms. The van der Waals surface area contributed by atoms with E-state index in [0.717, 1.165) is 39.2 Å². The van der Waals surface area contributed by atoms with Crippen molar-refractivity contribution in [1.29, 1.82) is 0 Å². The maximum atomic E-state index is 13.8. The lowest BCUT2D eigenvalue weighted by molar-refractivity contribution is -0.140. The molecule has 35 heavy (non-hydrogen) atoms. The zero-order valence-corrected chi connectivity index (χ0v) is 22.8. The summed E-state index contributed by atoms with van der Waals surface area (Å²) in [7, 11) is -3.76. The van der Waals surface area contributed by atoms with Crippen LogP contribution in [0.25, 0.3) is 0 Å². The van der Waals surface area contributed by atoms with Crippen LogP contribution >= 0.6 is 0 Å². The second kappa shape index (κ2) is 12.2. The molecule has 2 unspecified atom stereocenters. The summed E-state index contributed by atoms with van der Waals surface area (Å²) >= 11 is 0. The van der Waals surface area contributed by atoms with Crippen LogP contribution in [0.3, 0.4) is 0 Å². The summed E-state index contributed by atoms with van der Waals surface area (Å²) in [5.41, 5.74) is 4.03. The van der Waals surface area contributed by atoms with Gasteiger partial charge in [-0.1, -0.05) is 55.8 Å². The maximum Gasteiger partial charge on any atom is 0.244 e. The quantitative estimate of drug-likeness (QED) is 0.502. The first-order valence-electron chi connectivity index (χ1n) is 12.1. The summed E-state index contributed by atoms with van der Waals surface area (Å²) in [6.45, 7) is 11.2. The molecule has 0 aliphatic rings. The largest absolute Gasteiger partial charge is 0.352 e. The van der Waals surface area contributed by atoms with Crippen molar-refractivity contribution in [2.45, 2.75) is 73.0 Å². The summed E-state index contributed by atoms with van der Waals surface area (Å²) in [5, 5.41) is 2.98. The zero-order valence-electron chi connectivity index (χ0n) is 22.0. The van der Waals surface area contributed by atoms with Crippen LogP contribution in [0.15, 0.2) is 42.5 Å².